The van der Waals surface area contributed by atoms with E-state index in [1.54, 1.807) is 0 Å². The minimum atomic E-state index is 0.565. The number of nitrogens with one attached hydrogen (secondary N) is 1. The topological polar surface area (TPSA) is 64.1 Å². The Balaban J connectivity index is 1.71. The largest absolute Gasteiger partial charge is 0.424 e. The van der Waals surface area contributed by atoms with Crippen molar-refractivity contribution in [3.8, 4) is 0 Å². The van der Waals surface area contributed by atoms with Gasteiger partial charge in [-0.25, -0.2) is 0 Å². The van der Waals surface area contributed by atoms with E-state index in [-0.39, 0.29) is 0 Å². The van der Waals surface area contributed by atoms with Crippen LogP contribution in [-0.4, -0.2) is 18.1 Å². The lowest BCUT2D eigenvalue weighted by atomic mass is 10.0. The molecule has 0 radical (unpaired) electrons. The fourth-order valence-corrected chi connectivity index (χ4v) is 2.85. The van der Waals surface area contributed by atoms with Crippen LogP contribution in [0.5, 0.6) is 0 Å². The predicted molar refractivity (Wildman–Crippen MR) is 97.9 cm³/mol. The standard InChI is InChI=1S/C19H31N3O/c1-2-3-4-5-6-7-8-9-10-16-11-12-18-17(15-16)22-19(23-18)21-14-13-20/h11-12,15H,2-10,13-14,20H2,1H3,(H,21,22). The molecular weight excluding hydrogens is 286 g/mol. The molecular formula is C19H31N3O. The third-order valence-electron chi connectivity index (χ3n) is 4.19. The van der Waals surface area contributed by atoms with Crippen molar-refractivity contribution in [2.24, 2.45) is 5.73 Å². The molecule has 0 amide bonds. The van der Waals surface area contributed by atoms with Crippen LogP contribution in [0.3, 0.4) is 0 Å². The van der Waals surface area contributed by atoms with Gasteiger partial charge in [-0.2, -0.15) is 4.98 Å². The first-order chi connectivity index (χ1) is 11.3. The Labute approximate surface area is 139 Å². The highest BCUT2D eigenvalue weighted by Crippen LogP contribution is 2.21. The van der Waals surface area contributed by atoms with Gasteiger partial charge in [-0.15, -0.1) is 0 Å². The Morgan fingerprint density at radius 3 is 2.52 bits per heavy atom. The summed E-state index contributed by atoms with van der Waals surface area (Å²) >= 11 is 0. The average molecular weight is 317 g/mol. The smallest absolute Gasteiger partial charge is 0.295 e. The van der Waals surface area contributed by atoms with Crippen LogP contribution in [0, 0.1) is 0 Å². The first-order valence-electron chi connectivity index (χ1n) is 9.17. The first kappa shape index (κ1) is 17.8. The van der Waals surface area contributed by atoms with Gasteiger partial charge in [0.1, 0.15) is 5.52 Å². The van der Waals surface area contributed by atoms with Crippen LogP contribution in [0.25, 0.3) is 11.1 Å². The monoisotopic (exact) mass is 317 g/mol. The molecule has 4 nitrogen and oxygen atoms in total. The van der Waals surface area contributed by atoms with Crippen molar-refractivity contribution in [2.75, 3.05) is 18.4 Å². The van der Waals surface area contributed by atoms with Crippen LogP contribution in [0.15, 0.2) is 22.6 Å². The number of hydrogen-bond acceptors (Lipinski definition) is 4. The molecule has 128 valence electrons. The predicted octanol–water partition coefficient (Wildman–Crippen LogP) is 4.88. The lowest BCUT2D eigenvalue weighted by molar-refractivity contribution is 0.575. The van der Waals surface area contributed by atoms with Gasteiger partial charge in [0, 0.05) is 13.1 Å². The Bertz CT molecular complexity index is 565. The van der Waals surface area contributed by atoms with E-state index in [1.807, 2.05) is 6.07 Å². The van der Waals surface area contributed by atoms with E-state index in [0.717, 1.165) is 17.5 Å². The van der Waals surface area contributed by atoms with E-state index < -0.39 is 0 Å². The SMILES string of the molecule is CCCCCCCCCCc1ccc2oc(NCCN)nc2c1. The van der Waals surface area contributed by atoms with Crippen LogP contribution in [0.4, 0.5) is 6.01 Å². The minimum absolute atomic E-state index is 0.565. The third kappa shape index (κ3) is 6.22. The fourth-order valence-electron chi connectivity index (χ4n) is 2.85. The lowest BCUT2D eigenvalue weighted by Gasteiger charge is -2.02. The summed E-state index contributed by atoms with van der Waals surface area (Å²) < 4.78 is 5.64. The van der Waals surface area contributed by atoms with Gasteiger partial charge in [0.05, 0.1) is 0 Å². The summed E-state index contributed by atoms with van der Waals surface area (Å²) in [4.78, 5) is 4.46. The molecule has 2 rings (SSSR count). The second-order valence-electron chi connectivity index (χ2n) is 6.26. The number of oxazole rings is 1. The van der Waals surface area contributed by atoms with Crippen LogP contribution >= 0.6 is 0 Å². The Morgan fingerprint density at radius 2 is 1.78 bits per heavy atom. The fraction of sp³-hybridized carbons (Fsp3) is 0.632. The molecule has 0 fully saturated rings. The van der Waals surface area contributed by atoms with Crippen LogP contribution < -0.4 is 11.1 Å². The van der Waals surface area contributed by atoms with E-state index in [4.69, 9.17) is 10.2 Å². The number of unbranched alkanes of at least 4 members (excludes halogenated alkanes) is 7. The summed E-state index contributed by atoms with van der Waals surface area (Å²) in [5, 5.41) is 3.08. The Hall–Kier alpha value is -1.55. The summed E-state index contributed by atoms with van der Waals surface area (Å²) in [5.74, 6) is 0. The molecule has 1 aromatic heterocycles. The molecule has 23 heavy (non-hydrogen) atoms. The normalized spacial score (nSPS) is 11.2. The summed E-state index contributed by atoms with van der Waals surface area (Å²) in [7, 11) is 0. The number of benzene rings is 1. The molecule has 2 aromatic rings. The van der Waals surface area contributed by atoms with Gasteiger partial charge in [0.2, 0.25) is 0 Å². The summed E-state index contributed by atoms with van der Waals surface area (Å²) in [5.41, 5.74) is 8.59. The quantitative estimate of drug-likeness (QED) is 0.547. The van der Waals surface area contributed by atoms with Crippen molar-refractivity contribution in [3.63, 3.8) is 0 Å². The van der Waals surface area contributed by atoms with Crippen LogP contribution in [0.1, 0.15) is 63.9 Å². The maximum Gasteiger partial charge on any atom is 0.295 e. The molecule has 0 bridgehead atoms. The number of anilines is 1. The molecule has 0 saturated carbocycles. The lowest BCUT2D eigenvalue weighted by Crippen LogP contribution is -2.13. The van der Waals surface area contributed by atoms with Crippen molar-refractivity contribution < 1.29 is 4.42 Å². The van der Waals surface area contributed by atoms with Crippen molar-refractivity contribution in [3.05, 3.63) is 23.8 Å². The highest BCUT2D eigenvalue weighted by molar-refractivity contribution is 5.75. The molecule has 1 aromatic carbocycles. The van der Waals surface area contributed by atoms with Gasteiger partial charge in [-0.1, -0.05) is 57.9 Å². The van der Waals surface area contributed by atoms with Crippen molar-refractivity contribution >= 4 is 17.1 Å². The van der Waals surface area contributed by atoms with E-state index in [9.17, 15) is 0 Å². The van der Waals surface area contributed by atoms with E-state index in [2.05, 4.69) is 29.4 Å². The zero-order chi connectivity index (χ0) is 16.3. The zero-order valence-corrected chi connectivity index (χ0v) is 14.4. The number of fused-ring (bicyclic) bond motifs is 1. The Kier molecular flexibility index (Phi) is 7.95. The summed E-state index contributed by atoms with van der Waals surface area (Å²) in [6.07, 6.45) is 12.0. The Morgan fingerprint density at radius 1 is 1.04 bits per heavy atom. The van der Waals surface area contributed by atoms with Gasteiger partial charge in [0.25, 0.3) is 6.01 Å². The van der Waals surface area contributed by atoms with E-state index in [0.29, 0.717) is 19.1 Å². The molecule has 3 N–H and O–H groups in total. The minimum Gasteiger partial charge on any atom is -0.424 e. The highest BCUT2D eigenvalue weighted by atomic mass is 16.4. The molecule has 0 spiro atoms. The number of aryl methyl sites for hydroxylation is 1. The number of nitrogens with zero attached hydrogens (tertiary/aromatic N) is 1. The molecule has 0 aliphatic heterocycles. The van der Waals surface area contributed by atoms with Gasteiger partial charge in [-0.3, -0.25) is 0 Å². The van der Waals surface area contributed by atoms with Crippen molar-refractivity contribution in [1.82, 2.24) is 4.98 Å². The molecule has 4 heteroatoms. The maximum atomic E-state index is 5.64. The first-order valence-corrected chi connectivity index (χ1v) is 9.17. The van der Waals surface area contributed by atoms with Crippen molar-refractivity contribution in [1.29, 1.82) is 0 Å². The number of aromatic nitrogens is 1. The summed E-state index contributed by atoms with van der Waals surface area (Å²) in [6.45, 7) is 3.52. The van der Waals surface area contributed by atoms with Gasteiger partial charge < -0.3 is 15.5 Å². The molecule has 0 saturated heterocycles. The second kappa shape index (κ2) is 10.3. The molecule has 0 unspecified atom stereocenters. The molecule has 0 aliphatic carbocycles. The number of rotatable bonds is 12. The second-order valence-corrected chi connectivity index (χ2v) is 6.26. The molecule has 1 heterocycles. The van der Waals surface area contributed by atoms with Crippen LogP contribution in [-0.2, 0) is 6.42 Å². The molecule has 0 atom stereocenters. The van der Waals surface area contributed by atoms with E-state index >= 15 is 0 Å². The summed E-state index contributed by atoms with van der Waals surface area (Å²) in [6, 6.07) is 6.89. The molecule has 0 aliphatic rings. The van der Waals surface area contributed by atoms with E-state index in [1.165, 1.54) is 56.9 Å². The zero-order valence-electron chi connectivity index (χ0n) is 14.4. The third-order valence-corrected chi connectivity index (χ3v) is 4.19. The van der Waals surface area contributed by atoms with Gasteiger partial charge in [0.15, 0.2) is 5.58 Å². The highest BCUT2D eigenvalue weighted by Gasteiger charge is 2.05. The van der Waals surface area contributed by atoms with Gasteiger partial charge >= 0.3 is 0 Å². The van der Waals surface area contributed by atoms with Crippen molar-refractivity contribution in [2.45, 2.75) is 64.7 Å². The van der Waals surface area contributed by atoms with Crippen LogP contribution in [0.2, 0.25) is 0 Å². The number of hydrogen-bond donors (Lipinski definition) is 2. The van der Waals surface area contributed by atoms with Gasteiger partial charge in [-0.05, 0) is 30.5 Å². The maximum absolute atomic E-state index is 5.64. The number of nitrogens with two attached hydrogens (primary N) is 1. The average Bonchev–Trinajstić information content (AvgIpc) is 2.97.